The van der Waals surface area contributed by atoms with Crippen LogP contribution in [0.1, 0.15) is 20.3 Å². The fourth-order valence-corrected chi connectivity index (χ4v) is 2.98. The van der Waals surface area contributed by atoms with Crippen molar-refractivity contribution < 1.29 is 9.53 Å². The van der Waals surface area contributed by atoms with Crippen molar-refractivity contribution in [1.29, 1.82) is 0 Å². The first-order valence-corrected chi connectivity index (χ1v) is 6.87. The molecular weight excluding hydrogens is 294 g/mol. The summed E-state index contributed by atoms with van der Waals surface area (Å²) in [7, 11) is 1.46. The number of hydrogen-bond acceptors (Lipinski definition) is 3. The van der Waals surface area contributed by atoms with Crippen molar-refractivity contribution in [2.45, 2.75) is 25.8 Å². The molecule has 4 heteroatoms. The topological polar surface area (TPSA) is 29.5 Å². The molecule has 1 saturated heterocycles. The van der Waals surface area contributed by atoms with Gasteiger partial charge in [0.15, 0.2) is 0 Å². The Kier molecular flexibility index (Phi) is 3.66. The van der Waals surface area contributed by atoms with Crippen LogP contribution in [0, 0.1) is 5.92 Å². The van der Waals surface area contributed by atoms with Crippen LogP contribution in [0.5, 0.6) is 0 Å². The summed E-state index contributed by atoms with van der Waals surface area (Å²) in [6, 6.07) is 8.20. The molecule has 0 saturated carbocycles. The minimum absolute atomic E-state index is 0.0638. The molecule has 1 atom stereocenters. The maximum absolute atomic E-state index is 11.8. The number of hydrogen-bond donors (Lipinski definition) is 0. The van der Waals surface area contributed by atoms with Crippen LogP contribution in [0.4, 0.5) is 5.69 Å². The predicted octanol–water partition coefficient (Wildman–Crippen LogP) is 3.23. The standard InChI is InChI=1S/C14H18BrNO2/c1-14(2)12(13(17)18-3)8-9-16(14)11-6-4-10(15)5-7-11/h4-7,12H,8-9H2,1-3H3. The second-order valence-corrected chi connectivity index (χ2v) is 6.06. The molecule has 1 fully saturated rings. The molecule has 1 aliphatic rings. The lowest BCUT2D eigenvalue weighted by Gasteiger charge is -2.36. The average molecular weight is 312 g/mol. The Morgan fingerprint density at radius 3 is 2.56 bits per heavy atom. The van der Waals surface area contributed by atoms with Gasteiger partial charge in [-0.1, -0.05) is 15.9 Å². The molecule has 1 aromatic rings. The lowest BCUT2D eigenvalue weighted by Crippen LogP contribution is -2.45. The monoisotopic (exact) mass is 311 g/mol. The van der Waals surface area contributed by atoms with E-state index in [-0.39, 0.29) is 17.4 Å². The third-order valence-corrected chi connectivity index (χ3v) is 4.34. The van der Waals surface area contributed by atoms with Crippen LogP contribution < -0.4 is 4.90 Å². The summed E-state index contributed by atoms with van der Waals surface area (Å²) in [6.07, 6.45) is 0.843. The SMILES string of the molecule is COC(=O)C1CCN(c2ccc(Br)cc2)C1(C)C. The van der Waals surface area contributed by atoms with Gasteiger partial charge in [0.1, 0.15) is 0 Å². The Morgan fingerprint density at radius 1 is 1.39 bits per heavy atom. The molecule has 18 heavy (non-hydrogen) atoms. The van der Waals surface area contributed by atoms with E-state index >= 15 is 0 Å². The van der Waals surface area contributed by atoms with Crippen molar-refractivity contribution in [3.05, 3.63) is 28.7 Å². The number of ether oxygens (including phenoxy) is 1. The van der Waals surface area contributed by atoms with Gasteiger partial charge in [-0.05, 0) is 44.5 Å². The van der Waals surface area contributed by atoms with Crippen LogP contribution in [0.3, 0.4) is 0 Å². The molecule has 2 rings (SSSR count). The molecule has 3 nitrogen and oxygen atoms in total. The van der Waals surface area contributed by atoms with Crippen LogP contribution in [-0.4, -0.2) is 25.2 Å². The van der Waals surface area contributed by atoms with Crippen LogP contribution in [0.15, 0.2) is 28.7 Å². The van der Waals surface area contributed by atoms with Crippen LogP contribution in [0.2, 0.25) is 0 Å². The van der Waals surface area contributed by atoms with E-state index in [9.17, 15) is 4.79 Å². The Morgan fingerprint density at radius 2 is 2.00 bits per heavy atom. The summed E-state index contributed by atoms with van der Waals surface area (Å²) in [5.41, 5.74) is 0.940. The van der Waals surface area contributed by atoms with Crippen LogP contribution >= 0.6 is 15.9 Å². The molecule has 0 aromatic heterocycles. The number of halogens is 1. The van der Waals surface area contributed by atoms with Gasteiger partial charge in [0.05, 0.1) is 13.0 Å². The van der Waals surface area contributed by atoms with E-state index in [2.05, 4.69) is 46.8 Å². The number of benzene rings is 1. The Hall–Kier alpha value is -1.03. The summed E-state index contributed by atoms with van der Waals surface area (Å²) < 4.78 is 5.96. The van der Waals surface area contributed by atoms with Crippen LogP contribution in [0.25, 0.3) is 0 Å². The molecule has 98 valence electrons. The number of carbonyl (C=O) groups excluding carboxylic acids is 1. The van der Waals surface area contributed by atoms with E-state index in [1.165, 1.54) is 7.11 Å². The zero-order chi connectivity index (χ0) is 13.3. The first-order valence-electron chi connectivity index (χ1n) is 6.08. The highest BCUT2D eigenvalue weighted by Crippen LogP contribution is 2.39. The third-order valence-electron chi connectivity index (χ3n) is 3.81. The Balaban J connectivity index is 2.26. The van der Waals surface area contributed by atoms with Crippen molar-refractivity contribution >= 4 is 27.6 Å². The number of nitrogens with zero attached hydrogens (tertiary/aromatic N) is 1. The number of anilines is 1. The fraction of sp³-hybridized carbons (Fsp3) is 0.500. The minimum atomic E-state index is -0.207. The van der Waals surface area contributed by atoms with Crippen LogP contribution in [-0.2, 0) is 9.53 Å². The van der Waals surface area contributed by atoms with Gasteiger partial charge >= 0.3 is 5.97 Å². The van der Waals surface area contributed by atoms with E-state index in [1.54, 1.807) is 0 Å². The summed E-state index contributed by atoms with van der Waals surface area (Å²) in [6.45, 7) is 5.08. The van der Waals surface area contributed by atoms with Gasteiger partial charge in [-0.3, -0.25) is 4.79 Å². The largest absolute Gasteiger partial charge is 0.469 e. The quantitative estimate of drug-likeness (QED) is 0.785. The summed E-state index contributed by atoms with van der Waals surface area (Å²) in [5, 5.41) is 0. The van der Waals surface area contributed by atoms with Gasteiger partial charge < -0.3 is 9.64 Å². The van der Waals surface area contributed by atoms with Gasteiger partial charge in [-0.2, -0.15) is 0 Å². The lowest BCUT2D eigenvalue weighted by atomic mass is 9.88. The molecule has 1 heterocycles. The molecule has 1 aromatic carbocycles. The number of carbonyl (C=O) groups is 1. The van der Waals surface area contributed by atoms with Crippen molar-refractivity contribution in [2.24, 2.45) is 5.92 Å². The van der Waals surface area contributed by atoms with Crippen molar-refractivity contribution in [2.75, 3.05) is 18.6 Å². The van der Waals surface area contributed by atoms with E-state index in [0.29, 0.717) is 0 Å². The van der Waals surface area contributed by atoms with Gasteiger partial charge in [-0.15, -0.1) is 0 Å². The molecular formula is C14H18BrNO2. The smallest absolute Gasteiger partial charge is 0.311 e. The fourth-order valence-electron chi connectivity index (χ4n) is 2.72. The lowest BCUT2D eigenvalue weighted by molar-refractivity contribution is -0.146. The number of rotatable bonds is 2. The molecule has 0 aliphatic carbocycles. The van der Waals surface area contributed by atoms with E-state index in [1.807, 2.05) is 12.1 Å². The van der Waals surface area contributed by atoms with Gasteiger partial charge in [-0.25, -0.2) is 0 Å². The first-order chi connectivity index (χ1) is 8.46. The normalized spacial score (nSPS) is 22.0. The molecule has 1 unspecified atom stereocenters. The van der Waals surface area contributed by atoms with E-state index < -0.39 is 0 Å². The second kappa shape index (κ2) is 4.92. The Labute approximate surface area is 116 Å². The number of methoxy groups -OCH3 is 1. The maximum atomic E-state index is 11.8. The minimum Gasteiger partial charge on any atom is -0.469 e. The molecule has 0 amide bonds. The summed E-state index contributed by atoms with van der Waals surface area (Å²) >= 11 is 3.44. The van der Waals surface area contributed by atoms with Gasteiger partial charge in [0.25, 0.3) is 0 Å². The third kappa shape index (κ3) is 2.26. The van der Waals surface area contributed by atoms with Crippen molar-refractivity contribution in [3.8, 4) is 0 Å². The molecule has 0 spiro atoms. The molecule has 1 aliphatic heterocycles. The number of esters is 1. The zero-order valence-corrected chi connectivity index (χ0v) is 12.5. The molecule has 0 N–H and O–H groups in total. The summed E-state index contributed by atoms with van der Waals surface area (Å²) in [4.78, 5) is 14.1. The van der Waals surface area contributed by atoms with Gasteiger partial charge in [0.2, 0.25) is 0 Å². The highest BCUT2D eigenvalue weighted by Gasteiger charge is 2.45. The Bertz CT molecular complexity index is 442. The predicted molar refractivity (Wildman–Crippen MR) is 75.7 cm³/mol. The average Bonchev–Trinajstić information content (AvgIpc) is 2.65. The van der Waals surface area contributed by atoms with Crippen molar-refractivity contribution in [3.63, 3.8) is 0 Å². The highest BCUT2D eigenvalue weighted by molar-refractivity contribution is 9.10. The molecule has 0 radical (unpaired) electrons. The van der Waals surface area contributed by atoms with E-state index in [4.69, 9.17) is 4.74 Å². The summed E-state index contributed by atoms with van der Waals surface area (Å²) in [5.74, 6) is -0.175. The van der Waals surface area contributed by atoms with Gasteiger partial charge in [0, 0.05) is 22.2 Å². The van der Waals surface area contributed by atoms with Crippen molar-refractivity contribution in [1.82, 2.24) is 0 Å². The molecule has 0 bridgehead atoms. The zero-order valence-electron chi connectivity index (χ0n) is 10.9. The highest BCUT2D eigenvalue weighted by atomic mass is 79.9. The van der Waals surface area contributed by atoms with E-state index in [0.717, 1.165) is 23.1 Å². The first kappa shape index (κ1) is 13.4. The second-order valence-electron chi connectivity index (χ2n) is 5.15. The maximum Gasteiger partial charge on any atom is 0.311 e.